The Labute approximate surface area is 129 Å². The zero-order valence-corrected chi connectivity index (χ0v) is 11.9. The van der Waals surface area contributed by atoms with Gasteiger partial charge in [-0.15, -0.1) is 0 Å². The lowest BCUT2D eigenvalue weighted by Gasteiger charge is -2.17. The van der Waals surface area contributed by atoms with E-state index in [1.807, 2.05) is 0 Å². The number of hydrogen-bond donors (Lipinski definition) is 6. The Morgan fingerprint density at radius 2 is 1.96 bits per heavy atom. The molecule has 0 saturated carbocycles. The Balaban J connectivity index is 2.24. The highest BCUT2D eigenvalue weighted by Gasteiger charge is 2.43. The summed E-state index contributed by atoms with van der Waals surface area (Å²) in [5, 5.41) is 53.7. The molecule has 2 heterocycles. The number of anilines is 2. The summed E-state index contributed by atoms with van der Waals surface area (Å²) in [6.07, 6.45) is -3.91. The molecule has 128 valence electrons. The largest absolute Gasteiger partial charge is 0.395 e. The van der Waals surface area contributed by atoms with Crippen molar-refractivity contribution in [1.29, 1.82) is 0 Å². The molecule has 0 bridgehead atoms. The number of aliphatic hydroxyl groups excluding tert-OH is 4. The number of ether oxygens (including phenoxy) is 1. The molecule has 0 aromatic carbocycles. The first-order chi connectivity index (χ1) is 11.0. The summed E-state index contributed by atoms with van der Waals surface area (Å²) in [4.78, 5) is 18.0. The van der Waals surface area contributed by atoms with Crippen LogP contribution in [0.25, 0.3) is 0 Å². The first-order valence-corrected chi connectivity index (χ1v) is 6.72. The van der Waals surface area contributed by atoms with Crippen LogP contribution in [0, 0.1) is 10.1 Å². The molecule has 0 aliphatic carbocycles. The van der Waals surface area contributed by atoms with Gasteiger partial charge in [0.25, 0.3) is 0 Å². The van der Waals surface area contributed by atoms with Crippen LogP contribution in [-0.2, 0) is 4.74 Å². The van der Waals surface area contributed by atoms with Gasteiger partial charge >= 0.3 is 5.69 Å². The third-order valence-corrected chi connectivity index (χ3v) is 3.23. The van der Waals surface area contributed by atoms with Gasteiger partial charge in [-0.3, -0.25) is 10.1 Å². The summed E-state index contributed by atoms with van der Waals surface area (Å²) >= 11 is 0. The highest BCUT2D eigenvalue weighted by Crippen LogP contribution is 2.31. The molecule has 0 radical (unpaired) electrons. The van der Waals surface area contributed by atoms with Crippen LogP contribution in [0.2, 0.25) is 0 Å². The molecule has 1 aliphatic rings. The summed E-state index contributed by atoms with van der Waals surface area (Å²) in [7, 11) is 0. The minimum absolute atomic E-state index is 0.0468. The van der Waals surface area contributed by atoms with Gasteiger partial charge in [-0.2, -0.15) is 0 Å². The summed E-state index contributed by atoms with van der Waals surface area (Å²) in [5.41, 5.74) is -0.501. The van der Waals surface area contributed by atoms with E-state index in [0.717, 1.165) is 6.33 Å². The maximum Gasteiger partial charge on any atom is 0.353 e. The van der Waals surface area contributed by atoms with Crippen molar-refractivity contribution < 1.29 is 30.1 Å². The van der Waals surface area contributed by atoms with E-state index in [1.165, 1.54) is 0 Å². The molecule has 4 atom stereocenters. The van der Waals surface area contributed by atoms with Crippen LogP contribution < -0.4 is 10.6 Å². The third-order valence-electron chi connectivity index (χ3n) is 3.23. The molecule has 12 nitrogen and oxygen atoms in total. The second kappa shape index (κ2) is 7.43. The lowest BCUT2D eigenvalue weighted by atomic mass is 10.1. The Bertz CT molecular complexity index is 560. The number of nitrogens with one attached hydrogen (secondary N) is 2. The average Bonchev–Trinajstić information content (AvgIpc) is 2.80. The Kier molecular flexibility index (Phi) is 5.57. The zero-order valence-electron chi connectivity index (χ0n) is 11.9. The lowest BCUT2D eigenvalue weighted by molar-refractivity contribution is -0.383. The van der Waals surface area contributed by atoms with Crippen molar-refractivity contribution in [2.75, 3.05) is 30.4 Å². The monoisotopic (exact) mass is 331 g/mol. The molecule has 1 aromatic heterocycles. The van der Waals surface area contributed by atoms with Crippen molar-refractivity contribution in [2.45, 2.75) is 24.5 Å². The average molecular weight is 331 g/mol. The molecule has 0 spiro atoms. The highest BCUT2D eigenvalue weighted by atomic mass is 16.6. The van der Waals surface area contributed by atoms with Crippen LogP contribution in [0.3, 0.4) is 0 Å². The standard InChI is InChI=1S/C11H17N5O7/c17-2-1-12-9-6(16(21)22)10(14-4-13-9)15-11-8(20)7(19)5(3-18)23-11/h4-5,7-8,11,17-20H,1-3H2,(H2,12,13,14,15)/t5-,7-,8-,11?/m1/s1. The van der Waals surface area contributed by atoms with E-state index in [1.54, 1.807) is 0 Å². The van der Waals surface area contributed by atoms with Gasteiger partial charge < -0.3 is 35.8 Å². The molecule has 1 saturated heterocycles. The van der Waals surface area contributed by atoms with Crippen LogP contribution >= 0.6 is 0 Å². The first kappa shape index (κ1) is 17.2. The number of aromatic nitrogens is 2. The molecule has 6 N–H and O–H groups in total. The molecule has 1 unspecified atom stereocenters. The Morgan fingerprint density at radius 1 is 1.26 bits per heavy atom. The fraction of sp³-hybridized carbons (Fsp3) is 0.636. The van der Waals surface area contributed by atoms with Gasteiger partial charge in [-0.05, 0) is 0 Å². The smallest absolute Gasteiger partial charge is 0.353 e. The lowest BCUT2D eigenvalue weighted by Crippen LogP contribution is -2.36. The summed E-state index contributed by atoms with van der Waals surface area (Å²) in [5.74, 6) is -0.353. The van der Waals surface area contributed by atoms with Gasteiger partial charge in [-0.25, -0.2) is 9.97 Å². The van der Waals surface area contributed by atoms with Crippen molar-refractivity contribution in [3.8, 4) is 0 Å². The maximum absolute atomic E-state index is 11.2. The van der Waals surface area contributed by atoms with Crippen molar-refractivity contribution in [1.82, 2.24) is 9.97 Å². The molecule has 1 aromatic rings. The summed E-state index contributed by atoms with van der Waals surface area (Å²) < 4.78 is 5.19. The normalized spacial score (nSPS) is 27.0. The predicted octanol–water partition coefficient (Wildman–Crippen LogP) is -2.36. The van der Waals surface area contributed by atoms with Crippen molar-refractivity contribution in [3.05, 3.63) is 16.4 Å². The van der Waals surface area contributed by atoms with Gasteiger partial charge in [0.1, 0.15) is 24.6 Å². The molecular formula is C11H17N5O7. The zero-order chi connectivity index (χ0) is 17.0. The minimum Gasteiger partial charge on any atom is -0.395 e. The molecule has 1 fully saturated rings. The number of aliphatic hydroxyl groups is 4. The van der Waals surface area contributed by atoms with E-state index < -0.39 is 41.8 Å². The molecule has 23 heavy (non-hydrogen) atoms. The quantitative estimate of drug-likeness (QED) is 0.232. The summed E-state index contributed by atoms with van der Waals surface area (Å²) in [6.45, 7) is -0.727. The Morgan fingerprint density at radius 3 is 2.52 bits per heavy atom. The molecular weight excluding hydrogens is 314 g/mol. The topological polar surface area (TPSA) is 183 Å². The second-order valence-corrected chi connectivity index (χ2v) is 4.73. The number of hydrogen-bond acceptors (Lipinski definition) is 11. The van der Waals surface area contributed by atoms with E-state index in [-0.39, 0.29) is 24.8 Å². The van der Waals surface area contributed by atoms with Crippen LogP contribution in [0.4, 0.5) is 17.3 Å². The molecule has 1 aliphatic heterocycles. The molecule has 0 amide bonds. The van der Waals surface area contributed by atoms with E-state index in [0.29, 0.717) is 0 Å². The van der Waals surface area contributed by atoms with E-state index in [2.05, 4.69) is 20.6 Å². The fourth-order valence-corrected chi connectivity index (χ4v) is 2.11. The van der Waals surface area contributed by atoms with Gasteiger partial charge in [0.05, 0.1) is 18.1 Å². The van der Waals surface area contributed by atoms with E-state index in [4.69, 9.17) is 14.9 Å². The number of nitrogens with zero attached hydrogens (tertiary/aromatic N) is 3. The number of nitro groups is 1. The minimum atomic E-state index is -1.41. The number of rotatable bonds is 7. The first-order valence-electron chi connectivity index (χ1n) is 6.72. The Hall–Kier alpha value is -2.12. The van der Waals surface area contributed by atoms with Gasteiger partial charge in [0, 0.05) is 6.54 Å². The predicted molar refractivity (Wildman–Crippen MR) is 75.6 cm³/mol. The van der Waals surface area contributed by atoms with E-state index >= 15 is 0 Å². The third kappa shape index (κ3) is 3.62. The van der Waals surface area contributed by atoms with Gasteiger partial charge in [0.2, 0.25) is 11.6 Å². The maximum atomic E-state index is 11.2. The molecule has 12 heteroatoms. The van der Waals surface area contributed by atoms with Crippen LogP contribution in [0.15, 0.2) is 6.33 Å². The van der Waals surface area contributed by atoms with Crippen molar-refractivity contribution >= 4 is 17.3 Å². The highest BCUT2D eigenvalue weighted by molar-refractivity contribution is 5.69. The summed E-state index contributed by atoms with van der Waals surface area (Å²) in [6, 6.07) is 0. The van der Waals surface area contributed by atoms with Crippen LogP contribution in [0.5, 0.6) is 0 Å². The van der Waals surface area contributed by atoms with Crippen molar-refractivity contribution in [2.24, 2.45) is 0 Å². The van der Waals surface area contributed by atoms with Gasteiger partial charge in [0.15, 0.2) is 6.23 Å². The molecule has 2 rings (SSSR count). The fourth-order valence-electron chi connectivity index (χ4n) is 2.11. The van der Waals surface area contributed by atoms with Gasteiger partial charge in [-0.1, -0.05) is 0 Å². The second-order valence-electron chi connectivity index (χ2n) is 4.73. The van der Waals surface area contributed by atoms with E-state index in [9.17, 15) is 20.3 Å². The van der Waals surface area contributed by atoms with Crippen LogP contribution in [-0.4, -0.2) is 79.6 Å². The van der Waals surface area contributed by atoms with Crippen LogP contribution in [0.1, 0.15) is 0 Å². The SMILES string of the molecule is O=[N+]([O-])c1c(NCCO)ncnc1NC1O[C@H](CO)[C@@H](O)[C@H]1O. The van der Waals surface area contributed by atoms with Crippen molar-refractivity contribution in [3.63, 3.8) is 0 Å².